The van der Waals surface area contributed by atoms with E-state index in [2.05, 4.69) is 11.1 Å². The van der Waals surface area contributed by atoms with Crippen molar-refractivity contribution < 1.29 is 18.8 Å². The average Bonchev–Trinajstić information content (AvgIpc) is 1.87. The van der Waals surface area contributed by atoms with Gasteiger partial charge in [0, 0.05) is 5.57 Å². The van der Waals surface area contributed by atoms with Crippen molar-refractivity contribution in [3.63, 3.8) is 0 Å². The molecule has 4 nitrogen and oxygen atoms in total. The van der Waals surface area contributed by atoms with Crippen molar-refractivity contribution in [2.45, 2.75) is 13.8 Å². The molecule has 1 atom stereocenters. The molecule has 0 aliphatic carbocycles. The summed E-state index contributed by atoms with van der Waals surface area (Å²) in [5, 5.41) is 0. The van der Waals surface area contributed by atoms with Gasteiger partial charge in [-0.15, -0.1) is 0 Å². The molecule has 11 heavy (non-hydrogen) atoms. The van der Waals surface area contributed by atoms with Crippen LogP contribution in [0.1, 0.15) is 13.8 Å². The lowest BCUT2D eigenvalue weighted by atomic mass is 10.4. The predicted molar refractivity (Wildman–Crippen MR) is 41.3 cm³/mol. The highest BCUT2D eigenvalue weighted by Gasteiger charge is 2.21. The number of hydrogen-bond donors (Lipinski definition) is 1. The summed E-state index contributed by atoms with van der Waals surface area (Å²) in [6.45, 7) is 6.15. The molecule has 0 saturated carbocycles. The average molecular weight is 178 g/mol. The first-order valence-electron chi connectivity index (χ1n) is 3.10. The molecule has 0 aliphatic heterocycles. The van der Waals surface area contributed by atoms with Gasteiger partial charge in [-0.3, -0.25) is 0 Å². The van der Waals surface area contributed by atoms with Gasteiger partial charge < -0.3 is 9.42 Å². The molecule has 0 aliphatic rings. The lowest BCUT2D eigenvalue weighted by molar-refractivity contribution is -0.130. The molecule has 1 N–H and O–H groups in total. The van der Waals surface area contributed by atoms with Crippen LogP contribution in [0.5, 0.6) is 0 Å². The van der Waals surface area contributed by atoms with Crippen LogP contribution < -0.4 is 0 Å². The van der Waals surface area contributed by atoms with Gasteiger partial charge in [-0.1, -0.05) is 13.5 Å². The van der Waals surface area contributed by atoms with Gasteiger partial charge >= 0.3 is 13.6 Å². The van der Waals surface area contributed by atoms with Crippen LogP contribution in [0.2, 0.25) is 0 Å². The van der Waals surface area contributed by atoms with Crippen LogP contribution in [-0.2, 0) is 13.9 Å². The summed E-state index contributed by atoms with van der Waals surface area (Å²) < 4.78 is 15.0. The van der Waals surface area contributed by atoms with Crippen LogP contribution in [0.15, 0.2) is 12.2 Å². The Morgan fingerprint density at radius 3 is 2.45 bits per heavy atom. The zero-order valence-corrected chi connectivity index (χ0v) is 7.43. The Morgan fingerprint density at radius 2 is 2.18 bits per heavy atom. The molecular formula is C6H11O4P. The van der Waals surface area contributed by atoms with E-state index >= 15 is 0 Å². The minimum Gasteiger partial charge on any atom is -0.388 e. The fourth-order valence-electron chi connectivity index (χ4n) is 0.272. The van der Waals surface area contributed by atoms with E-state index in [0.29, 0.717) is 0 Å². The summed E-state index contributed by atoms with van der Waals surface area (Å²) >= 11 is 0. The van der Waals surface area contributed by atoms with Crippen molar-refractivity contribution in [2.24, 2.45) is 0 Å². The lowest BCUT2D eigenvalue weighted by Crippen LogP contribution is -2.03. The van der Waals surface area contributed by atoms with E-state index in [0.717, 1.165) is 0 Å². The van der Waals surface area contributed by atoms with Crippen molar-refractivity contribution in [1.29, 1.82) is 0 Å². The van der Waals surface area contributed by atoms with E-state index < -0.39 is 13.6 Å². The highest BCUT2D eigenvalue weighted by Crippen LogP contribution is 2.41. The molecule has 0 rings (SSSR count). The fourth-order valence-corrected chi connectivity index (χ4v) is 0.816. The second kappa shape index (κ2) is 3.69. The Morgan fingerprint density at radius 1 is 1.73 bits per heavy atom. The first-order valence-corrected chi connectivity index (χ1v) is 4.86. The van der Waals surface area contributed by atoms with E-state index in [9.17, 15) is 9.36 Å². The number of hydrogen-bond acceptors (Lipinski definition) is 3. The molecule has 1 unspecified atom stereocenters. The van der Waals surface area contributed by atoms with Crippen molar-refractivity contribution in [1.82, 2.24) is 0 Å². The number of carbonyl (C=O) groups is 1. The van der Waals surface area contributed by atoms with Gasteiger partial charge in [0.05, 0.1) is 6.16 Å². The van der Waals surface area contributed by atoms with Gasteiger partial charge in [0.25, 0.3) is 0 Å². The SMILES string of the molecule is C=C(C)C(=O)OP(=O)(O)CC. The highest BCUT2D eigenvalue weighted by molar-refractivity contribution is 7.53. The van der Waals surface area contributed by atoms with Crippen molar-refractivity contribution >= 4 is 13.6 Å². The summed E-state index contributed by atoms with van der Waals surface area (Å²) in [6.07, 6.45) is -0.0774. The van der Waals surface area contributed by atoms with E-state index in [-0.39, 0.29) is 11.7 Å². The van der Waals surface area contributed by atoms with Gasteiger partial charge in [0.2, 0.25) is 0 Å². The molecule has 0 amide bonds. The molecular weight excluding hydrogens is 167 g/mol. The summed E-state index contributed by atoms with van der Waals surface area (Å²) in [5.41, 5.74) is 0.118. The topological polar surface area (TPSA) is 63.6 Å². The highest BCUT2D eigenvalue weighted by atomic mass is 31.2. The predicted octanol–water partition coefficient (Wildman–Crippen LogP) is 1.31. The molecule has 5 heteroatoms. The maximum atomic E-state index is 10.8. The molecule has 0 saturated heterocycles. The number of carbonyl (C=O) groups excluding carboxylic acids is 1. The molecule has 0 bridgehead atoms. The Balaban J connectivity index is 4.16. The van der Waals surface area contributed by atoms with Crippen LogP contribution in [0.4, 0.5) is 0 Å². The normalized spacial score (nSPS) is 15.2. The third-order valence-corrected chi connectivity index (χ3v) is 2.22. The zero-order valence-electron chi connectivity index (χ0n) is 6.53. The van der Waals surface area contributed by atoms with Crippen molar-refractivity contribution in [3.8, 4) is 0 Å². The summed E-state index contributed by atoms with van der Waals surface area (Å²) in [4.78, 5) is 19.5. The monoisotopic (exact) mass is 178 g/mol. The largest absolute Gasteiger partial charge is 0.388 e. The summed E-state index contributed by atoms with van der Waals surface area (Å²) in [7, 11) is -3.69. The third-order valence-electron chi connectivity index (χ3n) is 0.974. The van der Waals surface area contributed by atoms with Crippen LogP contribution in [0, 0.1) is 0 Å². The minimum absolute atomic E-state index is 0.0774. The maximum Gasteiger partial charge on any atom is 0.378 e. The second-order valence-electron chi connectivity index (χ2n) is 2.11. The van der Waals surface area contributed by atoms with Crippen LogP contribution in [0.3, 0.4) is 0 Å². The van der Waals surface area contributed by atoms with Gasteiger partial charge in [-0.25, -0.2) is 9.36 Å². The smallest absolute Gasteiger partial charge is 0.378 e. The van der Waals surface area contributed by atoms with Gasteiger partial charge in [0.15, 0.2) is 0 Å². The summed E-state index contributed by atoms with van der Waals surface area (Å²) in [5.74, 6) is -0.822. The van der Waals surface area contributed by atoms with Crippen LogP contribution in [0.25, 0.3) is 0 Å². The van der Waals surface area contributed by atoms with Gasteiger partial charge in [-0.05, 0) is 6.92 Å². The second-order valence-corrected chi connectivity index (χ2v) is 4.20. The molecule has 64 valence electrons. The molecule has 0 radical (unpaired) electrons. The Kier molecular flexibility index (Phi) is 3.49. The molecule has 0 fully saturated rings. The summed E-state index contributed by atoms with van der Waals surface area (Å²) in [6, 6.07) is 0. The van der Waals surface area contributed by atoms with E-state index in [1.54, 1.807) is 0 Å². The third kappa shape index (κ3) is 3.96. The molecule has 0 aromatic rings. The Labute approximate surface area is 65.4 Å². The standard InChI is InChI=1S/C6H11O4P/c1-4-11(8,9)10-6(7)5(2)3/h2,4H2,1,3H3,(H,8,9). The quantitative estimate of drug-likeness (QED) is 0.522. The van der Waals surface area contributed by atoms with E-state index in [1.807, 2.05) is 0 Å². The van der Waals surface area contributed by atoms with Crippen molar-refractivity contribution in [3.05, 3.63) is 12.2 Å². The van der Waals surface area contributed by atoms with Crippen molar-refractivity contribution in [2.75, 3.05) is 6.16 Å². The molecule has 0 aromatic heterocycles. The first kappa shape index (κ1) is 10.4. The minimum atomic E-state index is -3.69. The zero-order chi connectivity index (χ0) is 9.07. The first-order chi connectivity index (χ1) is 4.89. The number of rotatable bonds is 3. The lowest BCUT2D eigenvalue weighted by Gasteiger charge is -2.08. The van der Waals surface area contributed by atoms with E-state index in [4.69, 9.17) is 4.89 Å². The Bertz CT molecular complexity index is 221. The van der Waals surface area contributed by atoms with E-state index in [1.165, 1.54) is 13.8 Å². The van der Waals surface area contributed by atoms with Gasteiger partial charge in [-0.2, -0.15) is 0 Å². The Hall–Kier alpha value is -0.600. The fraction of sp³-hybridized carbons (Fsp3) is 0.500. The van der Waals surface area contributed by atoms with Gasteiger partial charge in [0.1, 0.15) is 0 Å². The maximum absolute atomic E-state index is 10.8. The van der Waals surface area contributed by atoms with Crippen LogP contribution in [-0.4, -0.2) is 17.0 Å². The van der Waals surface area contributed by atoms with Crippen LogP contribution >= 0.6 is 7.60 Å². The molecule has 0 heterocycles. The molecule has 0 aromatic carbocycles. The molecule has 0 spiro atoms.